The number of hydrogen-bond donors (Lipinski definition) is 1. The van der Waals surface area contributed by atoms with Crippen LogP contribution in [-0.4, -0.2) is 12.6 Å². The van der Waals surface area contributed by atoms with E-state index < -0.39 is 0 Å². The zero-order valence-electron chi connectivity index (χ0n) is 8.90. The van der Waals surface area contributed by atoms with Crippen LogP contribution in [0, 0.1) is 5.82 Å². The largest absolute Gasteiger partial charge is 0.307 e. The zero-order valence-corrected chi connectivity index (χ0v) is 9.71. The molecule has 1 atom stereocenters. The number of nitrogens with one attached hydrogen (secondary N) is 1. The SMILES string of the molecule is Cl.Fc1ccc(C=CC2CC=CCN2)cc1. The summed E-state index contributed by atoms with van der Waals surface area (Å²) in [4.78, 5) is 0. The first-order valence-corrected chi connectivity index (χ1v) is 5.17. The first-order chi connectivity index (χ1) is 7.34. The van der Waals surface area contributed by atoms with Gasteiger partial charge in [0.25, 0.3) is 0 Å². The highest BCUT2D eigenvalue weighted by Gasteiger charge is 2.03. The summed E-state index contributed by atoms with van der Waals surface area (Å²) in [5.41, 5.74) is 1.03. The predicted octanol–water partition coefficient (Wildman–Crippen LogP) is 3.18. The Morgan fingerprint density at radius 1 is 1.19 bits per heavy atom. The molecule has 1 unspecified atom stereocenters. The Kier molecular flexibility index (Phi) is 5.23. The summed E-state index contributed by atoms with van der Waals surface area (Å²) in [5.74, 6) is -0.189. The normalized spacial score (nSPS) is 19.7. The summed E-state index contributed by atoms with van der Waals surface area (Å²) < 4.78 is 12.6. The van der Waals surface area contributed by atoms with Crippen molar-refractivity contribution in [2.24, 2.45) is 0 Å². The van der Waals surface area contributed by atoms with Crippen LogP contribution in [0.15, 0.2) is 42.5 Å². The lowest BCUT2D eigenvalue weighted by Crippen LogP contribution is -2.29. The van der Waals surface area contributed by atoms with Gasteiger partial charge in [0.2, 0.25) is 0 Å². The average molecular weight is 240 g/mol. The molecule has 0 fully saturated rings. The summed E-state index contributed by atoms with van der Waals surface area (Å²) in [7, 11) is 0. The molecule has 1 aromatic rings. The lowest BCUT2D eigenvalue weighted by molar-refractivity contribution is 0.621. The molecule has 0 radical (unpaired) electrons. The fourth-order valence-electron chi connectivity index (χ4n) is 1.58. The lowest BCUT2D eigenvalue weighted by atomic mass is 10.1. The summed E-state index contributed by atoms with van der Waals surface area (Å²) in [6.07, 6.45) is 9.48. The molecule has 1 heterocycles. The molecule has 1 aliphatic heterocycles. The van der Waals surface area contributed by atoms with Gasteiger partial charge in [0.05, 0.1) is 0 Å². The standard InChI is InChI=1S/C13H14FN.ClH/c14-12-7-4-11(5-8-12)6-9-13-3-1-2-10-15-13;/h1-2,4-9,13,15H,3,10H2;1H. The maximum absolute atomic E-state index is 12.6. The van der Waals surface area contributed by atoms with Gasteiger partial charge in [-0.25, -0.2) is 4.39 Å². The quantitative estimate of drug-likeness (QED) is 0.782. The van der Waals surface area contributed by atoms with E-state index in [2.05, 4.69) is 23.5 Å². The van der Waals surface area contributed by atoms with Crippen LogP contribution >= 0.6 is 12.4 Å². The Morgan fingerprint density at radius 3 is 2.56 bits per heavy atom. The highest BCUT2D eigenvalue weighted by Crippen LogP contribution is 2.07. The summed E-state index contributed by atoms with van der Waals surface area (Å²) in [6, 6.07) is 6.93. The molecule has 0 aliphatic carbocycles. The molecule has 1 aliphatic rings. The highest BCUT2D eigenvalue weighted by molar-refractivity contribution is 5.85. The van der Waals surface area contributed by atoms with E-state index in [1.54, 1.807) is 12.1 Å². The average Bonchev–Trinajstić information content (AvgIpc) is 2.30. The molecule has 0 saturated carbocycles. The van der Waals surface area contributed by atoms with Gasteiger partial charge in [0, 0.05) is 12.6 Å². The van der Waals surface area contributed by atoms with Crippen molar-refractivity contribution in [1.29, 1.82) is 0 Å². The van der Waals surface area contributed by atoms with Gasteiger partial charge < -0.3 is 5.32 Å². The predicted molar refractivity (Wildman–Crippen MR) is 68.2 cm³/mol. The van der Waals surface area contributed by atoms with Crippen LogP contribution in [-0.2, 0) is 0 Å². The molecule has 1 N–H and O–H groups in total. The van der Waals surface area contributed by atoms with Crippen LogP contribution in [0.25, 0.3) is 6.08 Å². The summed E-state index contributed by atoms with van der Waals surface area (Å²) in [5, 5.41) is 3.35. The number of rotatable bonds is 2. The van der Waals surface area contributed by atoms with Crippen molar-refractivity contribution in [3.63, 3.8) is 0 Å². The minimum atomic E-state index is -0.189. The topological polar surface area (TPSA) is 12.0 Å². The van der Waals surface area contributed by atoms with E-state index in [9.17, 15) is 4.39 Å². The van der Waals surface area contributed by atoms with Crippen molar-refractivity contribution < 1.29 is 4.39 Å². The zero-order chi connectivity index (χ0) is 10.5. The van der Waals surface area contributed by atoms with Crippen LogP contribution in [0.1, 0.15) is 12.0 Å². The Labute approximate surface area is 101 Å². The fourth-order valence-corrected chi connectivity index (χ4v) is 1.58. The number of hydrogen-bond acceptors (Lipinski definition) is 1. The smallest absolute Gasteiger partial charge is 0.123 e. The second kappa shape index (κ2) is 6.46. The van der Waals surface area contributed by atoms with Gasteiger partial charge in [-0.2, -0.15) is 0 Å². The van der Waals surface area contributed by atoms with E-state index in [1.165, 1.54) is 12.1 Å². The van der Waals surface area contributed by atoms with Gasteiger partial charge in [0.1, 0.15) is 5.82 Å². The summed E-state index contributed by atoms with van der Waals surface area (Å²) in [6.45, 7) is 0.929. The summed E-state index contributed by atoms with van der Waals surface area (Å²) >= 11 is 0. The second-order valence-corrected chi connectivity index (χ2v) is 3.63. The van der Waals surface area contributed by atoms with Crippen LogP contribution in [0.4, 0.5) is 4.39 Å². The molecule has 86 valence electrons. The number of benzene rings is 1. The van der Waals surface area contributed by atoms with Crippen molar-refractivity contribution in [3.8, 4) is 0 Å². The first-order valence-electron chi connectivity index (χ1n) is 5.17. The van der Waals surface area contributed by atoms with Gasteiger partial charge in [-0.15, -0.1) is 12.4 Å². The molecule has 1 nitrogen and oxygen atoms in total. The van der Waals surface area contributed by atoms with E-state index in [0.29, 0.717) is 6.04 Å². The molecule has 0 spiro atoms. The molecule has 16 heavy (non-hydrogen) atoms. The van der Waals surface area contributed by atoms with Gasteiger partial charge in [-0.1, -0.05) is 36.4 Å². The molecular weight excluding hydrogens is 225 g/mol. The molecule has 0 aromatic heterocycles. The van der Waals surface area contributed by atoms with Crippen LogP contribution in [0.2, 0.25) is 0 Å². The second-order valence-electron chi connectivity index (χ2n) is 3.63. The molecule has 0 saturated heterocycles. The third-order valence-corrected chi connectivity index (χ3v) is 2.45. The van der Waals surface area contributed by atoms with Crippen molar-refractivity contribution >= 4 is 18.5 Å². The van der Waals surface area contributed by atoms with E-state index in [0.717, 1.165) is 18.5 Å². The van der Waals surface area contributed by atoms with Crippen LogP contribution < -0.4 is 5.32 Å². The van der Waals surface area contributed by atoms with Gasteiger partial charge >= 0.3 is 0 Å². The van der Waals surface area contributed by atoms with Crippen molar-refractivity contribution in [1.82, 2.24) is 5.32 Å². The Hall–Kier alpha value is -1.12. The third-order valence-electron chi connectivity index (χ3n) is 2.45. The Morgan fingerprint density at radius 2 is 1.94 bits per heavy atom. The fraction of sp³-hybridized carbons (Fsp3) is 0.231. The minimum absolute atomic E-state index is 0. The van der Waals surface area contributed by atoms with Crippen molar-refractivity contribution in [2.45, 2.75) is 12.5 Å². The molecule has 0 bridgehead atoms. The van der Waals surface area contributed by atoms with Crippen LogP contribution in [0.3, 0.4) is 0 Å². The molecule has 1 aromatic carbocycles. The van der Waals surface area contributed by atoms with E-state index in [-0.39, 0.29) is 18.2 Å². The lowest BCUT2D eigenvalue weighted by Gasteiger charge is -2.15. The van der Waals surface area contributed by atoms with Crippen molar-refractivity contribution in [2.75, 3.05) is 6.54 Å². The van der Waals surface area contributed by atoms with Crippen molar-refractivity contribution in [3.05, 3.63) is 53.9 Å². The Balaban J connectivity index is 0.00000128. The highest BCUT2D eigenvalue weighted by atomic mass is 35.5. The Bertz CT molecular complexity index is 370. The molecule has 3 heteroatoms. The maximum Gasteiger partial charge on any atom is 0.123 e. The molecular formula is C13H15ClFN. The minimum Gasteiger partial charge on any atom is -0.307 e. The van der Waals surface area contributed by atoms with E-state index >= 15 is 0 Å². The van der Waals surface area contributed by atoms with Gasteiger partial charge in [-0.3, -0.25) is 0 Å². The van der Waals surface area contributed by atoms with Gasteiger partial charge in [0.15, 0.2) is 0 Å². The monoisotopic (exact) mass is 239 g/mol. The first kappa shape index (κ1) is 12.9. The molecule has 0 amide bonds. The van der Waals surface area contributed by atoms with Crippen LogP contribution in [0.5, 0.6) is 0 Å². The van der Waals surface area contributed by atoms with Gasteiger partial charge in [-0.05, 0) is 24.1 Å². The maximum atomic E-state index is 12.6. The van der Waals surface area contributed by atoms with E-state index in [4.69, 9.17) is 0 Å². The molecule has 2 rings (SSSR count). The van der Waals surface area contributed by atoms with E-state index in [1.807, 2.05) is 6.08 Å². The third kappa shape index (κ3) is 3.80. The number of halogens is 2.